The Hall–Kier alpha value is -2.18. The molecule has 0 spiro atoms. The summed E-state index contributed by atoms with van der Waals surface area (Å²) in [6.45, 7) is 2.12. The molecule has 4 rings (SSSR count). The third-order valence-corrected chi connectivity index (χ3v) is 7.91. The Morgan fingerprint density at radius 1 is 1.14 bits per heavy atom. The molecule has 29 heavy (non-hydrogen) atoms. The van der Waals surface area contributed by atoms with Gasteiger partial charge >= 0.3 is 0 Å². The zero-order valence-corrected chi connectivity index (χ0v) is 17.5. The van der Waals surface area contributed by atoms with Crippen molar-refractivity contribution in [2.24, 2.45) is 11.8 Å². The number of nitrogens with one attached hydrogen (secondary N) is 3. The number of rotatable bonds is 5. The molecule has 9 heteroatoms. The van der Waals surface area contributed by atoms with Crippen molar-refractivity contribution in [1.29, 1.82) is 5.26 Å². The van der Waals surface area contributed by atoms with E-state index in [1.807, 2.05) is 0 Å². The second kappa shape index (κ2) is 8.28. The summed E-state index contributed by atoms with van der Waals surface area (Å²) in [5.74, 6) is 0.859. The molecule has 1 aromatic heterocycles. The molecular formula is C20H28N6O2S. The molecule has 3 aliphatic rings. The van der Waals surface area contributed by atoms with Crippen LogP contribution in [0, 0.1) is 23.2 Å². The minimum atomic E-state index is -3.74. The summed E-state index contributed by atoms with van der Waals surface area (Å²) in [6, 6.07) is 2.23. The summed E-state index contributed by atoms with van der Waals surface area (Å²) in [5, 5.41) is 15.9. The third-order valence-electron chi connectivity index (χ3n) is 6.47. The smallest absolute Gasteiger partial charge is 0.243 e. The molecule has 8 nitrogen and oxygen atoms in total. The van der Waals surface area contributed by atoms with Gasteiger partial charge in [-0.2, -0.15) is 5.26 Å². The first-order valence-corrected chi connectivity index (χ1v) is 11.9. The van der Waals surface area contributed by atoms with Gasteiger partial charge in [0.1, 0.15) is 4.90 Å². The standard InChI is InChI=1S/C20H28N6O2S/c1-13-7-8-17(19-18(13)14(9-21)10-22-19)26-29(27,28)16-11-23-20(24-12-16)25-15-5-3-2-4-6-15/h10-13,15,17-19,22,26H,2-8H2,1H3,(H,23,24,25). The van der Waals surface area contributed by atoms with E-state index >= 15 is 0 Å². The Kier molecular flexibility index (Phi) is 5.74. The molecule has 0 bridgehead atoms. The topological polar surface area (TPSA) is 120 Å². The largest absolute Gasteiger partial charge is 0.385 e. The van der Waals surface area contributed by atoms with Gasteiger partial charge in [0.05, 0.1) is 24.0 Å². The number of hydrogen-bond acceptors (Lipinski definition) is 7. The second-order valence-electron chi connectivity index (χ2n) is 8.43. The highest BCUT2D eigenvalue weighted by molar-refractivity contribution is 7.89. The summed E-state index contributed by atoms with van der Waals surface area (Å²) in [5.41, 5.74) is 0.702. The average molecular weight is 417 g/mol. The monoisotopic (exact) mass is 416 g/mol. The molecule has 4 unspecified atom stereocenters. The van der Waals surface area contributed by atoms with Gasteiger partial charge < -0.3 is 10.6 Å². The van der Waals surface area contributed by atoms with Gasteiger partial charge in [-0.15, -0.1) is 0 Å². The molecule has 0 aromatic carbocycles. The van der Waals surface area contributed by atoms with Crippen LogP contribution in [-0.2, 0) is 10.0 Å². The third kappa shape index (κ3) is 4.23. The zero-order chi connectivity index (χ0) is 20.4. The van der Waals surface area contributed by atoms with Crippen molar-refractivity contribution >= 4 is 16.0 Å². The number of aromatic nitrogens is 2. The molecule has 3 N–H and O–H groups in total. The lowest BCUT2D eigenvalue weighted by Crippen LogP contribution is -2.54. The minimum absolute atomic E-state index is 0.0415. The molecule has 2 heterocycles. The van der Waals surface area contributed by atoms with Crippen LogP contribution >= 0.6 is 0 Å². The summed E-state index contributed by atoms with van der Waals surface area (Å²) < 4.78 is 28.6. The van der Waals surface area contributed by atoms with Gasteiger partial charge in [0.25, 0.3) is 0 Å². The quantitative estimate of drug-likeness (QED) is 0.673. The molecule has 1 aliphatic heterocycles. The van der Waals surface area contributed by atoms with Gasteiger partial charge in [0.2, 0.25) is 16.0 Å². The highest BCUT2D eigenvalue weighted by Gasteiger charge is 2.43. The number of nitriles is 1. The van der Waals surface area contributed by atoms with E-state index in [9.17, 15) is 13.7 Å². The van der Waals surface area contributed by atoms with Crippen molar-refractivity contribution in [3.8, 4) is 6.07 Å². The predicted molar refractivity (Wildman–Crippen MR) is 109 cm³/mol. The first kappa shape index (κ1) is 20.1. The van der Waals surface area contributed by atoms with Crippen LogP contribution in [0.15, 0.2) is 29.1 Å². The van der Waals surface area contributed by atoms with E-state index < -0.39 is 10.0 Å². The molecule has 4 atom stereocenters. The number of fused-ring (bicyclic) bond motifs is 1. The van der Waals surface area contributed by atoms with Gasteiger partial charge in [0, 0.05) is 30.2 Å². The number of anilines is 1. The van der Waals surface area contributed by atoms with E-state index in [2.05, 4.69) is 38.3 Å². The average Bonchev–Trinajstić information content (AvgIpc) is 3.17. The van der Waals surface area contributed by atoms with Crippen LogP contribution in [0.5, 0.6) is 0 Å². The van der Waals surface area contributed by atoms with Gasteiger partial charge in [-0.3, -0.25) is 0 Å². The molecule has 2 aliphatic carbocycles. The second-order valence-corrected chi connectivity index (χ2v) is 10.1. The van der Waals surface area contributed by atoms with Crippen molar-refractivity contribution < 1.29 is 8.42 Å². The molecular weight excluding hydrogens is 388 g/mol. The Morgan fingerprint density at radius 2 is 1.86 bits per heavy atom. The first-order chi connectivity index (χ1) is 14.0. The number of sulfonamides is 1. The Bertz CT molecular complexity index is 902. The molecule has 0 saturated heterocycles. The minimum Gasteiger partial charge on any atom is -0.385 e. The number of hydrogen-bond donors (Lipinski definition) is 3. The van der Waals surface area contributed by atoms with Gasteiger partial charge in [-0.1, -0.05) is 26.2 Å². The summed E-state index contributed by atoms with van der Waals surface area (Å²) in [6.07, 6.45) is 11.9. The van der Waals surface area contributed by atoms with Gasteiger partial charge in [0.15, 0.2) is 0 Å². The van der Waals surface area contributed by atoms with E-state index in [1.165, 1.54) is 31.7 Å². The van der Waals surface area contributed by atoms with Crippen molar-refractivity contribution in [2.75, 3.05) is 5.32 Å². The fourth-order valence-corrected chi connectivity index (χ4v) is 6.06. The SMILES string of the molecule is CC1CCC(NS(=O)(=O)c2cnc(NC3CCCCC3)nc2)C2NC=C(C#N)C12. The summed E-state index contributed by atoms with van der Waals surface area (Å²) >= 11 is 0. The molecule has 2 fully saturated rings. The number of nitrogens with zero attached hydrogens (tertiary/aromatic N) is 3. The van der Waals surface area contributed by atoms with Crippen LogP contribution in [-0.4, -0.2) is 36.5 Å². The van der Waals surface area contributed by atoms with Crippen LogP contribution in [0.25, 0.3) is 0 Å². The van der Waals surface area contributed by atoms with Crippen molar-refractivity contribution in [3.05, 3.63) is 24.2 Å². The van der Waals surface area contributed by atoms with E-state index in [0.717, 1.165) is 25.7 Å². The van der Waals surface area contributed by atoms with Crippen molar-refractivity contribution in [3.63, 3.8) is 0 Å². The fourth-order valence-electron chi connectivity index (χ4n) is 4.87. The maximum absolute atomic E-state index is 12.9. The van der Waals surface area contributed by atoms with E-state index in [4.69, 9.17) is 0 Å². The molecule has 156 valence electrons. The van der Waals surface area contributed by atoms with E-state index in [-0.39, 0.29) is 22.9 Å². The molecule has 2 saturated carbocycles. The van der Waals surface area contributed by atoms with Crippen molar-refractivity contribution in [1.82, 2.24) is 20.0 Å². The van der Waals surface area contributed by atoms with Gasteiger partial charge in [-0.25, -0.2) is 23.1 Å². The maximum Gasteiger partial charge on any atom is 0.243 e. The van der Waals surface area contributed by atoms with Gasteiger partial charge in [-0.05, 0) is 31.6 Å². The molecule has 1 aromatic rings. The Labute approximate surface area is 172 Å². The highest BCUT2D eigenvalue weighted by Crippen LogP contribution is 2.38. The summed E-state index contributed by atoms with van der Waals surface area (Å²) in [4.78, 5) is 8.51. The lowest BCUT2D eigenvalue weighted by molar-refractivity contribution is 0.218. The Balaban J connectivity index is 1.43. The summed E-state index contributed by atoms with van der Waals surface area (Å²) in [7, 11) is -3.74. The van der Waals surface area contributed by atoms with E-state index in [0.29, 0.717) is 23.5 Å². The molecule has 0 radical (unpaired) electrons. The zero-order valence-electron chi connectivity index (χ0n) is 16.6. The van der Waals surface area contributed by atoms with Crippen molar-refractivity contribution in [2.45, 2.75) is 74.9 Å². The first-order valence-electron chi connectivity index (χ1n) is 10.4. The maximum atomic E-state index is 12.9. The molecule has 0 amide bonds. The lowest BCUT2D eigenvalue weighted by atomic mass is 9.73. The Morgan fingerprint density at radius 3 is 2.55 bits per heavy atom. The normalized spacial score (nSPS) is 30.0. The van der Waals surface area contributed by atoms with Crippen LogP contribution in [0.1, 0.15) is 51.9 Å². The fraction of sp³-hybridized carbons (Fsp3) is 0.650. The van der Waals surface area contributed by atoms with Crippen LogP contribution in [0.2, 0.25) is 0 Å². The van der Waals surface area contributed by atoms with Crippen LogP contribution < -0.4 is 15.4 Å². The van der Waals surface area contributed by atoms with Crippen LogP contribution in [0.4, 0.5) is 5.95 Å². The van der Waals surface area contributed by atoms with Crippen LogP contribution in [0.3, 0.4) is 0 Å². The predicted octanol–water partition coefficient (Wildman–Crippen LogP) is 2.29. The highest BCUT2D eigenvalue weighted by atomic mass is 32.2. The van der Waals surface area contributed by atoms with E-state index in [1.54, 1.807) is 6.20 Å². The lowest BCUT2D eigenvalue weighted by Gasteiger charge is -2.38.